The molecular formula is C10H18N4O2. The first-order valence-corrected chi connectivity index (χ1v) is 5.20. The van der Waals surface area contributed by atoms with Gasteiger partial charge in [0.15, 0.2) is 0 Å². The van der Waals surface area contributed by atoms with Crippen LogP contribution < -0.4 is 15.8 Å². The van der Waals surface area contributed by atoms with Gasteiger partial charge in [-0.1, -0.05) is 0 Å². The van der Waals surface area contributed by atoms with Gasteiger partial charge in [0.1, 0.15) is 12.1 Å². The second-order valence-electron chi connectivity index (χ2n) is 3.21. The molecule has 0 fully saturated rings. The number of hydrogen-bond acceptors (Lipinski definition) is 6. The summed E-state index contributed by atoms with van der Waals surface area (Å²) in [4.78, 5) is 8.05. The monoisotopic (exact) mass is 226 g/mol. The van der Waals surface area contributed by atoms with Gasteiger partial charge < -0.3 is 20.5 Å². The Morgan fingerprint density at radius 1 is 1.50 bits per heavy atom. The molecule has 16 heavy (non-hydrogen) atoms. The molecule has 0 radical (unpaired) electrons. The SMILES string of the molecule is CCOc1cc(NC(CN)COC)ncn1. The number of nitrogens with one attached hydrogen (secondary N) is 1. The van der Waals surface area contributed by atoms with E-state index >= 15 is 0 Å². The minimum Gasteiger partial charge on any atom is -0.478 e. The van der Waals surface area contributed by atoms with Crippen LogP contribution in [0.5, 0.6) is 5.88 Å². The fourth-order valence-electron chi connectivity index (χ4n) is 1.22. The second-order valence-corrected chi connectivity index (χ2v) is 3.21. The number of aromatic nitrogens is 2. The molecule has 1 unspecified atom stereocenters. The van der Waals surface area contributed by atoms with E-state index < -0.39 is 0 Å². The quantitative estimate of drug-likeness (QED) is 0.694. The highest BCUT2D eigenvalue weighted by Crippen LogP contribution is 2.11. The molecule has 1 aromatic rings. The van der Waals surface area contributed by atoms with Gasteiger partial charge in [0.25, 0.3) is 0 Å². The van der Waals surface area contributed by atoms with Gasteiger partial charge in [-0.2, -0.15) is 0 Å². The molecule has 0 aliphatic rings. The average molecular weight is 226 g/mol. The predicted octanol–water partition coefficient (Wildman–Crippen LogP) is 0.261. The number of anilines is 1. The third kappa shape index (κ3) is 4.00. The average Bonchev–Trinajstić information content (AvgIpc) is 2.29. The van der Waals surface area contributed by atoms with Gasteiger partial charge in [-0.05, 0) is 6.92 Å². The maximum absolute atomic E-state index is 5.59. The van der Waals surface area contributed by atoms with Crippen molar-refractivity contribution < 1.29 is 9.47 Å². The van der Waals surface area contributed by atoms with Crippen molar-refractivity contribution in [2.45, 2.75) is 13.0 Å². The Bertz CT molecular complexity index is 309. The third-order valence-electron chi connectivity index (χ3n) is 1.94. The van der Waals surface area contributed by atoms with Gasteiger partial charge in [-0.3, -0.25) is 0 Å². The van der Waals surface area contributed by atoms with Crippen LogP contribution in [-0.4, -0.2) is 42.9 Å². The summed E-state index contributed by atoms with van der Waals surface area (Å²) < 4.78 is 10.3. The van der Waals surface area contributed by atoms with Crippen LogP contribution in [0.2, 0.25) is 0 Å². The van der Waals surface area contributed by atoms with Crippen LogP contribution in [0.4, 0.5) is 5.82 Å². The van der Waals surface area contributed by atoms with E-state index in [0.717, 1.165) is 0 Å². The van der Waals surface area contributed by atoms with Crippen molar-refractivity contribution in [3.63, 3.8) is 0 Å². The molecule has 0 aliphatic carbocycles. The van der Waals surface area contributed by atoms with Gasteiger partial charge in [0.05, 0.1) is 19.3 Å². The third-order valence-corrected chi connectivity index (χ3v) is 1.94. The maximum Gasteiger partial charge on any atom is 0.218 e. The van der Waals surface area contributed by atoms with Crippen LogP contribution in [-0.2, 0) is 4.74 Å². The zero-order chi connectivity index (χ0) is 11.8. The standard InChI is InChI=1S/C10H18N4O2/c1-3-16-10-4-9(12-7-13-10)14-8(5-11)6-15-2/h4,7-8H,3,5-6,11H2,1-2H3,(H,12,13,14). The molecule has 0 aromatic carbocycles. The van der Waals surface area contributed by atoms with E-state index in [-0.39, 0.29) is 6.04 Å². The van der Waals surface area contributed by atoms with E-state index in [1.807, 2.05) is 6.92 Å². The van der Waals surface area contributed by atoms with E-state index in [2.05, 4.69) is 15.3 Å². The normalized spacial score (nSPS) is 12.2. The molecule has 0 aliphatic heterocycles. The second kappa shape index (κ2) is 6.97. The van der Waals surface area contributed by atoms with Crippen LogP contribution in [0.1, 0.15) is 6.92 Å². The summed E-state index contributed by atoms with van der Waals surface area (Å²) in [5, 5.41) is 3.15. The predicted molar refractivity (Wildman–Crippen MR) is 61.5 cm³/mol. The van der Waals surface area contributed by atoms with Crippen molar-refractivity contribution in [1.29, 1.82) is 0 Å². The largest absolute Gasteiger partial charge is 0.478 e. The van der Waals surface area contributed by atoms with Crippen LogP contribution in [0.3, 0.4) is 0 Å². The first kappa shape index (κ1) is 12.7. The molecule has 1 rings (SSSR count). The molecule has 0 spiro atoms. The minimum atomic E-state index is 0.0365. The van der Waals surface area contributed by atoms with E-state index in [1.54, 1.807) is 13.2 Å². The Labute approximate surface area is 95.2 Å². The molecule has 6 nitrogen and oxygen atoms in total. The first-order chi connectivity index (χ1) is 7.80. The lowest BCUT2D eigenvalue weighted by molar-refractivity contribution is 0.187. The molecule has 0 saturated heterocycles. The van der Waals surface area contributed by atoms with Crippen LogP contribution in [0.15, 0.2) is 12.4 Å². The summed E-state index contributed by atoms with van der Waals surface area (Å²) in [6, 6.07) is 1.77. The Balaban J connectivity index is 2.60. The Morgan fingerprint density at radius 2 is 2.31 bits per heavy atom. The Morgan fingerprint density at radius 3 is 2.94 bits per heavy atom. The summed E-state index contributed by atoms with van der Waals surface area (Å²) >= 11 is 0. The molecular weight excluding hydrogens is 208 g/mol. The van der Waals surface area contributed by atoms with Crippen LogP contribution in [0, 0.1) is 0 Å². The minimum absolute atomic E-state index is 0.0365. The van der Waals surface area contributed by atoms with Gasteiger partial charge in [0.2, 0.25) is 5.88 Å². The van der Waals surface area contributed by atoms with Gasteiger partial charge in [-0.25, -0.2) is 9.97 Å². The van der Waals surface area contributed by atoms with E-state index in [9.17, 15) is 0 Å². The zero-order valence-corrected chi connectivity index (χ0v) is 9.64. The lowest BCUT2D eigenvalue weighted by Gasteiger charge is -2.16. The molecule has 1 atom stereocenters. The number of nitrogens with two attached hydrogens (primary N) is 1. The number of rotatable bonds is 7. The Kier molecular flexibility index (Phi) is 5.52. The van der Waals surface area contributed by atoms with Crippen molar-refractivity contribution in [3.05, 3.63) is 12.4 Å². The number of ether oxygens (including phenoxy) is 2. The lowest BCUT2D eigenvalue weighted by Crippen LogP contribution is -2.33. The van der Waals surface area contributed by atoms with Crippen molar-refractivity contribution >= 4 is 5.82 Å². The molecule has 90 valence electrons. The maximum atomic E-state index is 5.59. The summed E-state index contributed by atoms with van der Waals surface area (Å²) in [7, 11) is 1.63. The van der Waals surface area contributed by atoms with Gasteiger partial charge in [-0.15, -0.1) is 0 Å². The topological polar surface area (TPSA) is 82.3 Å². The molecule has 1 aromatic heterocycles. The zero-order valence-electron chi connectivity index (χ0n) is 9.64. The molecule has 0 amide bonds. The van der Waals surface area contributed by atoms with E-state index in [0.29, 0.717) is 31.5 Å². The molecule has 0 saturated carbocycles. The summed E-state index contributed by atoms with van der Waals surface area (Å²) in [6.07, 6.45) is 1.45. The van der Waals surface area contributed by atoms with Crippen molar-refractivity contribution in [2.75, 3.05) is 32.2 Å². The lowest BCUT2D eigenvalue weighted by atomic mass is 10.3. The first-order valence-electron chi connectivity index (χ1n) is 5.20. The number of nitrogens with zero attached hydrogens (tertiary/aromatic N) is 2. The van der Waals surface area contributed by atoms with Crippen molar-refractivity contribution in [3.8, 4) is 5.88 Å². The summed E-state index contributed by atoms with van der Waals surface area (Å²) in [6.45, 7) is 3.49. The fraction of sp³-hybridized carbons (Fsp3) is 0.600. The smallest absolute Gasteiger partial charge is 0.218 e. The molecule has 6 heteroatoms. The molecule has 3 N–H and O–H groups in total. The highest BCUT2D eigenvalue weighted by molar-refractivity contribution is 5.38. The summed E-state index contributed by atoms with van der Waals surface area (Å²) in [5.74, 6) is 1.24. The van der Waals surface area contributed by atoms with Crippen molar-refractivity contribution in [1.82, 2.24) is 9.97 Å². The van der Waals surface area contributed by atoms with Crippen LogP contribution >= 0.6 is 0 Å². The highest BCUT2D eigenvalue weighted by atomic mass is 16.5. The Hall–Kier alpha value is -1.40. The summed E-state index contributed by atoms with van der Waals surface area (Å²) in [5.41, 5.74) is 5.59. The fourth-order valence-corrected chi connectivity index (χ4v) is 1.22. The van der Waals surface area contributed by atoms with Crippen molar-refractivity contribution in [2.24, 2.45) is 5.73 Å². The number of hydrogen-bond donors (Lipinski definition) is 2. The van der Waals surface area contributed by atoms with Gasteiger partial charge >= 0.3 is 0 Å². The van der Waals surface area contributed by atoms with Crippen LogP contribution in [0.25, 0.3) is 0 Å². The number of methoxy groups -OCH3 is 1. The van der Waals surface area contributed by atoms with Gasteiger partial charge in [0, 0.05) is 19.7 Å². The molecule has 0 bridgehead atoms. The van der Waals surface area contributed by atoms with E-state index in [1.165, 1.54) is 6.33 Å². The molecule has 1 heterocycles. The highest BCUT2D eigenvalue weighted by Gasteiger charge is 2.07. The van der Waals surface area contributed by atoms with E-state index in [4.69, 9.17) is 15.2 Å².